The van der Waals surface area contributed by atoms with Gasteiger partial charge in [-0.05, 0) is 46.1 Å². The van der Waals surface area contributed by atoms with Gasteiger partial charge in [-0.2, -0.15) is 0 Å². The lowest BCUT2D eigenvalue weighted by Crippen LogP contribution is -2.00. The second-order valence-electron chi connectivity index (χ2n) is 4.55. The van der Waals surface area contributed by atoms with Crippen LogP contribution in [-0.2, 0) is 0 Å². The maximum absolute atomic E-state index is 10.5. The first-order valence-corrected chi connectivity index (χ1v) is 6.78. The van der Waals surface area contributed by atoms with E-state index >= 15 is 0 Å². The Morgan fingerprint density at radius 3 is 2.79 bits per heavy atom. The minimum Gasteiger partial charge on any atom is -0.454 e. The van der Waals surface area contributed by atoms with Crippen LogP contribution in [0.4, 0.5) is 0 Å². The number of hydrogen-bond acceptors (Lipinski definition) is 3. The first kappa shape index (κ1) is 12.5. The topological polar surface area (TPSA) is 38.7 Å². The number of rotatable bonds is 2. The molecule has 0 aliphatic carbocycles. The number of aliphatic hydroxyl groups excluding tert-OH is 1. The lowest BCUT2D eigenvalue weighted by Gasteiger charge is -2.13. The van der Waals surface area contributed by atoms with Crippen LogP contribution in [0.15, 0.2) is 40.9 Å². The Bertz CT molecular complexity index is 625. The second kappa shape index (κ2) is 4.87. The smallest absolute Gasteiger partial charge is 0.231 e. The molecule has 3 nitrogen and oxygen atoms in total. The number of benzene rings is 2. The summed E-state index contributed by atoms with van der Waals surface area (Å²) in [6.45, 7) is 2.23. The highest BCUT2D eigenvalue weighted by molar-refractivity contribution is 9.10. The number of ether oxygens (including phenoxy) is 2. The summed E-state index contributed by atoms with van der Waals surface area (Å²) >= 11 is 3.44. The van der Waals surface area contributed by atoms with Crippen LogP contribution < -0.4 is 9.47 Å². The fourth-order valence-corrected chi connectivity index (χ4v) is 2.75. The molecule has 0 bridgehead atoms. The average Bonchev–Trinajstić information content (AvgIpc) is 2.86. The highest BCUT2D eigenvalue weighted by Gasteiger charge is 2.21. The van der Waals surface area contributed by atoms with Crippen LogP contribution in [0.2, 0.25) is 0 Å². The van der Waals surface area contributed by atoms with Gasteiger partial charge >= 0.3 is 0 Å². The fourth-order valence-electron chi connectivity index (χ4n) is 2.18. The summed E-state index contributed by atoms with van der Waals surface area (Å²) in [7, 11) is 0. The quantitative estimate of drug-likeness (QED) is 0.919. The summed E-state index contributed by atoms with van der Waals surface area (Å²) in [5.74, 6) is 1.36. The molecule has 2 aromatic rings. The third-order valence-electron chi connectivity index (χ3n) is 3.12. The van der Waals surface area contributed by atoms with Crippen molar-refractivity contribution in [2.75, 3.05) is 6.79 Å². The molecule has 1 aliphatic rings. The Balaban J connectivity index is 2.00. The first-order chi connectivity index (χ1) is 9.15. The molecule has 0 saturated heterocycles. The minimum atomic E-state index is -0.675. The molecular weight excluding hydrogens is 308 g/mol. The molecule has 1 N–H and O–H groups in total. The van der Waals surface area contributed by atoms with Crippen molar-refractivity contribution in [2.24, 2.45) is 0 Å². The van der Waals surface area contributed by atoms with Crippen LogP contribution in [-0.4, -0.2) is 11.9 Å². The lowest BCUT2D eigenvalue weighted by atomic mass is 10.00. The fraction of sp³-hybridized carbons (Fsp3) is 0.200. The molecule has 0 spiro atoms. The largest absolute Gasteiger partial charge is 0.454 e. The second-order valence-corrected chi connectivity index (χ2v) is 5.41. The van der Waals surface area contributed by atoms with Gasteiger partial charge in [0.05, 0.1) is 4.47 Å². The van der Waals surface area contributed by atoms with Gasteiger partial charge in [0, 0.05) is 0 Å². The predicted molar refractivity (Wildman–Crippen MR) is 75.5 cm³/mol. The zero-order chi connectivity index (χ0) is 13.4. The molecule has 1 aliphatic heterocycles. The molecule has 0 saturated carbocycles. The van der Waals surface area contributed by atoms with Crippen LogP contribution in [0, 0.1) is 6.92 Å². The Morgan fingerprint density at radius 2 is 2.00 bits per heavy atom. The van der Waals surface area contributed by atoms with Gasteiger partial charge in [0.15, 0.2) is 11.5 Å². The third-order valence-corrected chi connectivity index (χ3v) is 3.71. The molecule has 1 heterocycles. The predicted octanol–water partition coefficient (Wildman–Crippen LogP) is 3.57. The summed E-state index contributed by atoms with van der Waals surface area (Å²) in [6, 6.07) is 11.5. The van der Waals surface area contributed by atoms with Gasteiger partial charge in [-0.3, -0.25) is 0 Å². The van der Waals surface area contributed by atoms with Crippen molar-refractivity contribution in [1.82, 2.24) is 0 Å². The van der Waals surface area contributed by atoms with Gasteiger partial charge in [0.2, 0.25) is 6.79 Å². The van der Waals surface area contributed by atoms with Gasteiger partial charge in [-0.15, -0.1) is 0 Å². The van der Waals surface area contributed by atoms with E-state index in [1.807, 2.05) is 43.3 Å². The summed E-state index contributed by atoms with van der Waals surface area (Å²) < 4.78 is 11.5. The number of hydrogen-bond donors (Lipinski definition) is 1. The van der Waals surface area contributed by atoms with Crippen molar-refractivity contribution in [2.45, 2.75) is 13.0 Å². The summed E-state index contributed by atoms with van der Waals surface area (Å²) in [4.78, 5) is 0. The molecule has 98 valence electrons. The van der Waals surface area contributed by atoms with Crippen molar-refractivity contribution in [3.8, 4) is 11.5 Å². The van der Waals surface area contributed by atoms with Crippen molar-refractivity contribution in [3.05, 3.63) is 57.6 Å². The zero-order valence-electron chi connectivity index (χ0n) is 10.4. The molecule has 4 heteroatoms. The molecule has 0 fully saturated rings. The van der Waals surface area contributed by atoms with Crippen LogP contribution in [0.25, 0.3) is 0 Å². The molecule has 0 amide bonds. The Hall–Kier alpha value is -1.52. The number of aliphatic hydroxyl groups is 1. The molecule has 1 unspecified atom stereocenters. The monoisotopic (exact) mass is 320 g/mol. The van der Waals surface area contributed by atoms with Gasteiger partial charge < -0.3 is 14.6 Å². The molecule has 2 aromatic carbocycles. The third kappa shape index (κ3) is 2.33. The van der Waals surface area contributed by atoms with Crippen molar-refractivity contribution in [3.63, 3.8) is 0 Å². The van der Waals surface area contributed by atoms with E-state index in [0.29, 0.717) is 11.5 Å². The molecule has 1 atom stereocenters. The Labute approximate surface area is 119 Å². The Morgan fingerprint density at radius 1 is 1.16 bits per heavy atom. The molecule has 19 heavy (non-hydrogen) atoms. The van der Waals surface area contributed by atoms with E-state index in [4.69, 9.17) is 9.47 Å². The summed E-state index contributed by atoms with van der Waals surface area (Å²) in [5.41, 5.74) is 2.77. The maximum atomic E-state index is 10.5. The molecule has 3 rings (SSSR count). The van der Waals surface area contributed by atoms with E-state index in [2.05, 4.69) is 15.9 Å². The SMILES string of the molecule is Cc1cccc(C(O)c2cc(Br)c3c(c2)OCO3)c1. The van der Waals surface area contributed by atoms with E-state index in [1.54, 1.807) is 0 Å². The normalized spacial score (nSPS) is 14.5. The van der Waals surface area contributed by atoms with Crippen LogP contribution in [0.3, 0.4) is 0 Å². The lowest BCUT2D eigenvalue weighted by molar-refractivity contribution is 0.173. The highest BCUT2D eigenvalue weighted by atomic mass is 79.9. The van der Waals surface area contributed by atoms with E-state index in [1.165, 1.54) is 0 Å². The summed E-state index contributed by atoms with van der Waals surface area (Å²) in [6.07, 6.45) is -0.675. The van der Waals surface area contributed by atoms with Crippen LogP contribution in [0.1, 0.15) is 22.8 Å². The average molecular weight is 321 g/mol. The van der Waals surface area contributed by atoms with Crippen LogP contribution >= 0.6 is 15.9 Å². The van der Waals surface area contributed by atoms with E-state index < -0.39 is 6.10 Å². The minimum absolute atomic E-state index is 0.220. The van der Waals surface area contributed by atoms with Crippen molar-refractivity contribution >= 4 is 15.9 Å². The molecule has 0 radical (unpaired) electrons. The van der Waals surface area contributed by atoms with Gasteiger partial charge in [-0.1, -0.05) is 29.8 Å². The van der Waals surface area contributed by atoms with Gasteiger partial charge in [0.1, 0.15) is 6.10 Å². The number of halogens is 1. The van der Waals surface area contributed by atoms with Crippen molar-refractivity contribution in [1.29, 1.82) is 0 Å². The highest BCUT2D eigenvalue weighted by Crippen LogP contribution is 2.42. The standard InChI is InChI=1S/C15H13BrO3/c1-9-3-2-4-10(5-9)14(17)11-6-12(16)15-13(7-11)18-8-19-15/h2-7,14,17H,8H2,1H3. The number of aryl methyl sites for hydroxylation is 1. The van der Waals surface area contributed by atoms with E-state index in [-0.39, 0.29) is 6.79 Å². The first-order valence-electron chi connectivity index (χ1n) is 5.99. The van der Waals surface area contributed by atoms with E-state index in [0.717, 1.165) is 21.2 Å². The number of fused-ring (bicyclic) bond motifs is 1. The van der Waals surface area contributed by atoms with Crippen LogP contribution in [0.5, 0.6) is 11.5 Å². The molecular formula is C15H13BrO3. The van der Waals surface area contributed by atoms with Gasteiger partial charge in [0.25, 0.3) is 0 Å². The van der Waals surface area contributed by atoms with Crippen molar-refractivity contribution < 1.29 is 14.6 Å². The Kier molecular flexibility index (Phi) is 3.21. The maximum Gasteiger partial charge on any atom is 0.231 e. The summed E-state index contributed by atoms with van der Waals surface area (Å²) in [5, 5.41) is 10.5. The van der Waals surface area contributed by atoms with Gasteiger partial charge in [-0.25, -0.2) is 0 Å². The molecule has 0 aromatic heterocycles. The zero-order valence-corrected chi connectivity index (χ0v) is 12.0. The van der Waals surface area contributed by atoms with E-state index in [9.17, 15) is 5.11 Å².